The van der Waals surface area contributed by atoms with Crippen molar-refractivity contribution in [3.05, 3.63) is 34.9 Å². The lowest BCUT2D eigenvalue weighted by Crippen LogP contribution is -2.49. The van der Waals surface area contributed by atoms with Crippen molar-refractivity contribution in [2.75, 3.05) is 31.1 Å². The van der Waals surface area contributed by atoms with E-state index in [9.17, 15) is 13.2 Å². The molecule has 5 nitrogen and oxygen atoms in total. The van der Waals surface area contributed by atoms with E-state index < -0.39 is 9.84 Å². The lowest BCUT2D eigenvalue weighted by atomic mass is 9.99. The molecular formula is C16H22N2O3S. The number of hydrogen-bond donors (Lipinski definition) is 1. The second-order valence-corrected chi connectivity index (χ2v) is 8.42. The molecule has 0 radical (unpaired) electrons. The average molecular weight is 322 g/mol. The number of rotatable bonds is 1. The largest absolute Gasteiger partial charge is 0.334 e. The van der Waals surface area contributed by atoms with Gasteiger partial charge in [-0.2, -0.15) is 0 Å². The molecule has 0 aromatic heterocycles. The molecule has 1 atom stereocenters. The zero-order valence-electron chi connectivity index (χ0n) is 12.8. The minimum atomic E-state index is -3.00. The first-order chi connectivity index (χ1) is 10.5. The predicted molar refractivity (Wildman–Crippen MR) is 85.9 cm³/mol. The summed E-state index contributed by atoms with van der Waals surface area (Å²) in [6.45, 7) is 4.01. The van der Waals surface area contributed by atoms with Gasteiger partial charge in [-0.3, -0.25) is 4.79 Å². The monoisotopic (exact) mass is 322 g/mol. The molecule has 0 saturated carbocycles. The highest BCUT2D eigenvalue weighted by molar-refractivity contribution is 7.91. The number of sulfone groups is 1. The van der Waals surface area contributed by atoms with Crippen LogP contribution in [0.5, 0.6) is 0 Å². The quantitative estimate of drug-likeness (QED) is 0.824. The number of benzene rings is 1. The highest BCUT2D eigenvalue weighted by atomic mass is 32.2. The van der Waals surface area contributed by atoms with Crippen LogP contribution in [0.15, 0.2) is 18.2 Å². The summed E-state index contributed by atoms with van der Waals surface area (Å²) in [5.74, 6) is 0.0772. The van der Waals surface area contributed by atoms with Crippen LogP contribution in [0.4, 0.5) is 0 Å². The number of nitrogens with one attached hydrogen (secondary N) is 1. The Labute approximate surface area is 131 Å². The van der Waals surface area contributed by atoms with E-state index in [-0.39, 0.29) is 23.5 Å². The second kappa shape index (κ2) is 6.01. The van der Waals surface area contributed by atoms with Crippen molar-refractivity contribution in [2.45, 2.75) is 25.8 Å². The van der Waals surface area contributed by atoms with Crippen molar-refractivity contribution >= 4 is 15.7 Å². The molecule has 0 bridgehead atoms. The Morgan fingerprint density at radius 2 is 1.95 bits per heavy atom. The third-order valence-electron chi connectivity index (χ3n) is 4.53. The number of carbonyl (C=O) groups is 1. The minimum absolute atomic E-state index is 0.0533. The highest BCUT2D eigenvalue weighted by Crippen LogP contribution is 2.19. The normalized spacial score (nSPS) is 24.4. The van der Waals surface area contributed by atoms with Gasteiger partial charge in [0.2, 0.25) is 0 Å². The molecule has 1 aromatic rings. The second-order valence-electron chi connectivity index (χ2n) is 6.20. The Hall–Kier alpha value is -1.40. The smallest absolute Gasteiger partial charge is 0.254 e. The van der Waals surface area contributed by atoms with Crippen molar-refractivity contribution in [1.82, 2.24) is 10.2 Å². The van der Waals surface area contributed by atoms with Crippen molar-refractivity contribution in [3.8, 4) is 0 Å². The van der Waals surface area contributed by atoms with Gasteiger partial charge in [0.25, 0.3) is 5.91 Å². The Kier molecular flexibility index (Phi) is 4.23. The number of nitrogens with zero attached hydrogens (tertiary/aromatic N) is 1. The third kappa shape index (κ3) is 3.17. The van der Waals surface area contributed by atoms with Crippen LogP contribution < -0.4 is 5.32 Å². The first-order valence-electron chi connectivity index (χ1n) is 7.80. The summed E-state index contributed by atoms with van der Waals surface area (Å²) in [6.07, 6.45) is 1.92. The molecule has 3 rings (SSSR count). The summed E-state index contributed by atoms with van der Waals surface area (Å²) in [5.41, 5.74) is 3.20. The van der Waals surface area contributed by atoms with Gasteiger partial charge in [-0.25, -0.2) is 8.42 Å². The SMILES string of the molecule is CC1CS(=O)(=O)CCN1C(=O)c1ccc2c(c1)CCNCC2. The van der Waals surface area contributed by atoms with E-state index in [1.54, 1.807) is 4.90 Å². The Morgan fingerprint density at radius 1 is 1.23 bits per heavy atom. The molecule has 6 heteroatoms. The Balaban J connectivity index is 1.82. The molecule has 0 spiro atoms. The first kappa shape index (κ1) is 15.5. The van der Waals surface area contributed by atoms with Gasteiger partial charge in [-0.1, -0.05) is 6.07 Å². The summed E-state index contributed by atoms with van der Waals surface area (Å²) in [5, 5.41) is 3.36. The molecule has 1 fully saturated rings. The summed E-state index contributed by atoms with van der Waals surface area (Å²) >= 11 is 0. The molecule has 0 aliphatic carbocycles. The van der Waals surface area contributed by atoms with Crippen LogP contribution in [-0.2, 0) is 22.7 Å². The van der Waals surface area contributed by atoms with E-state index in [4.69, 9.17) is 0 Å². The maximum Gasteiger partial charge on any atom is 0.254 e. The van der Waals surface area contributed by atoms with Gasteiger partial charge in [-0.15, -0.1) is 0 Å². The van der Waals surface area contributed by atoms with Gasteiger partial charge in [0, 0.05) is 18.2 Å². The van der Waals surface area contributed by atoms with Gasteiger partial charge < -0.3 is 10.2 Å². The molecule has 1 aromatic carbocycles. The standard InChI is InChI=1S/C16H22N2O3S/c1-12-11-22(20,21)9-8-18(12)16(19)15-3-2-13-4-6-17-7-5-14(13)10-15/h2-3,10,12,17H,4-9,11H2,1H3. The molecule has 2 aliphatic heterocycles. The molecular weight excluding hydrogens is 300 g/mol. The topological polar surface area (TPSA) is 66.5 Å². The van der Waals surface area contributed by atoms with Gasteiger partial charge in [0.15, 0.2) is 9.84 Å². The van der Waals surface area contributed by atoms with E-state index in [2.05, 4.69) is 5.32 Å². The van der Waals surface area contributed by atoms with Crippen LogP contribution in [0.25, 0.3) is 0 Å². The molecule has 2 aliphatic rings. The Morgan fingerprint density at radius 3 is 2.68 bits per heavy atom. The van der Waals surface area contributed by atoms with Crippen molar-refractivity contribution in [1.29, 1.82) is 0 Å². The van der Waals surface area contributed by atoms with Gasteiger partial charge >= 0.3 is 0 Å². The van der Waals surface area contributed by atoms with Gasteiger partial charge in [-0.05, 0) is 56.1 Å². The lowest BCUT2D eigenvalue weighted by molar-refractivity contribution is 0.0712. The molecule has 120 valence electrons. The minimum Gasteiger partial charge on any atom is -0.334 e. The van der Waals surface area contributed by atoms with Gasteiger partial charge in [0.1, 0.15) is 0 Å². The summed E-state index contributed by atoms with van der Waals surface area (Å²) < 4.78 is 23.3. The third-order valence-corrected chi connectivity index (χ3v) is 6.32. The van der Waals surface area contributed by atoms with Crippen LogP contribution in [0.3, 0.4) is 0 Å². The maximum absolute atomic E-state index is 12.7. The van der Waals surface area contributed by atoms with E-state index in [1.165, 1.54) is 11.1 Å². The van der Waals surface area contributed by atoms with Crippen molar-refractivity contribution in [2.24, 2.45) is 0 Å². The predicted octanol–water partition coefficient (Wildman–Crippen LogP) is 0.634. The van der Waals surface area contributed by atoms with E-state index in [0.717, 1.165) is 25.9 Å². The number of fused-ring (bicyclic) bond motifs is 1. The molecule has 1 N–H and O–H groups in total. The zero-order valence-corrected chi connectivity index (χ0v) is 13.7. The summed E-state index contributed by atoms with van der Waals surface area (Å²) in [4.78, 5) is 14.4. The fourth-order valence-corrected chi connectivity index (χ4v) is 4.83. The Bertz CT molecular complexity index is 685. The van der Waals surface area contributed by atoms with Crippen LogP contribution >= 0.6 is 0 Å². The number of hydrogen-bond acceptors (Lipinski definition) is 4. The molecule has 2 heterocycles. The molecule has 1 unspecified atom stereocenters. The highest BCUT2D eigenvalue weighted by Gasteiger charge is 2.31. The van der Waals surface area contributed by atoms with Crippen molar-refractivity contribution < 1.29 is 13.2 Å². The number of amides is 1. The van der Waals surface area contributed by atoms with Gasteiger partial charge in [0.05, 0.1) is 11.5 Å². The fraction of sp³-hybridized carbons (Fsp3) is 0.562. The average Bonchev–Trinajstić information content (AvgIpc) is 2.70. The number of carbonyl (C=O) groups excluding carboxylic acids is 1. The summed E-state index contributed by atoms with van der Waals surface area (Å²) in [6, 6.07) is 5.65. The molecule has 1 saturated heterocycles. The lowest BCUT2D eigenvalue weighted by Gasteiger charge is -2.33. The van der Waals surface area contributed by atoms with E-state index >= 15 is 0 Å². The fourth-order valence-electron chi connectivity index (χ4n) is 3.27. The summed E-state index contributed by atoms with van der Waals surface area (Å²) in [7, 11) is -3.00. The first-order valence-corrected chi connectivity index (χ1v) is 9.62. The molecule has 22 heavy (non-hydrogen) atoms. The van der Waals surface area contributed by atoms with Crippen molar-refractivity contribution in [3.63, 3.8) is 0 Å². The zero-order chi connectivity index (χ0) is 15.7. The van der Waals surface area contributed by atoms with Crippen LogP contribution in [0, 0.1) is 0 Å². The van der Waals surface area contributed by atoms with Crippen LogP contribution in [0.2, 0.25) is 0 Å². The van der Waals surface area contributed by atoms with Crippen LogP contribution in [0.1, 0.15) is 28.4 Å². The van der Waals surface area contributed by atoms with E-state index in [1.807, 2.05) is 25.1 Å². The van der Waals surface area contributed by atoms with Crippen LogP contribution in [-0.4, -0.2) is 56.4 Å². The van der Waals surface area contributed by atoms with E-state index in [0.29, 0.717) is 12.1 Å². The maximum atomic E-state index is 12.7. The molecule has 1 amide bonds.